The maximum absolute atomic E-state index is 12.2. The van der Waals surface area contributed by atoms with Gasteiger partial charge in [0.25, 0.3) is 0 Å². The number of carboxylic acids is 1. The Morgan fingerprint density at radius 2 is 2.06 bits per heavy atom. The van der Waals surface area contributed by atoms with Gasteiger partial charge in [0.05, 0.1) is 6.42 Å². The van der Waals surface area contributed by atoms with Crippen molar-refractivity contribution in [2.24, 2.45) is 0 Å². The summed E-state index contributed by atoms with van der Waals surface area (Å²) in [6.07, 6.45) is 7.52. The molecule has 0 unspecified atom stereocenters. The van der Waals surface area contributed by atoms with Gasteiger partial charge in [-0.15, -0.1) is 0 Å². The Labute approximate surface area is 105 Å². The van der Waals surface area contributed by atoms with Crippen molar-refractivity contribution in [1.82, 2.24) is 0 Å². The fraction of sp³-hybridized carbons (Fsp3) is 0.200. The first-order chi connectivity index (χ1) is 8.66. The van der Waals surface area contributed by atoms with Crippen LogP contribution in [0.4, 0.5) is 0 Å². The summed E-state index contributed by atoms with van der Waals surface area (Å²) in [4.78, 5) is 22.8. The zero-order chi connectivity index (χ0) is 13.0. The molecule has 3 heteroatoms. The minimum absolute atomic E-state index is 0.0433. The first-order valence-electron chi connectivity index (χ1n) is 5.89. The van der Waals surface area contributed by atoms with E-state index in [0.717, 1.165) is 12.8 Å². The molecule has 0 aliphatic heterocycles. The van der Waals surface area contributed by atoms with Crippen molar-refractivity contribution in [2.75, 3.05) is 0 Å². The van der Waals surface area contributed by atoms with Crippen LogP contribution in [0.15, 0.2) is 48.1 Å². The summed E-state index contributed by atoms with van der Waals surface area (Å²) in [5.41, 5.74) is 1.88. The molecule has 3 nitrogen and oxygen atoms in total. The van der Waals surface area contributed by atoms with Gasteiger partial charge in [-0.2, -0.15) is 0 Å². The molecule has 1 N–H and O–H groups in total. The lowest BCUT2D eigenvalue weighted by molar-refractivity contribution is -0.136. The van der Waals surface area contributed by atoms with Gasteiger partial charge in [0.15, 0.2) is 5.78 Å². The normalized spacial score (nSPS) is 14.1. The molecule has 1 aromatic rings. The Bertz CT molecular complexity index is 538. The van der Waals surface area contributed by atoms with E-state index < -0.39 is 5.97 Å². The van der Waals surface area contributed by atoms with E-state index >= 15 is 0 Å². The molecule has 0 amide bonds. The quantitative estimate of drug-likeness (QED) is 0.826. The lowest BCUT2D eigenvalue weighted by Gasteiger charge is -2.07. The van der Waals surface area contributed by atoms with Crippen LogP contribution in [0.3, 0.4) is 0 Å². The zero-order valence-electron chi connectivity index (χ0n) is 9.93. The number of rotatable bonds is 4. The SMILES string of the molecule is O=C(O)Cc1cccc(C(=O)C2=CCCC=C2)c1. The molecule has 0 fully saturated rings. The van der Waals surface area contributed by atoms with E-state index in [4.69, 9.17) is 5.11 Å². The minimum atomic E-state index is -0.892. The molecule has 0 saturated heterocycles. The van der Waals surface area contributed by atoms with E-state index in [1.807, 2.05) is 18.2 Å². The maximum atomic E-state index is 12.2. The van der Waals surface area contributed by atoms with E-state index in [9.17, 15) is 9.59 Å². The van der Waals surface area contributed by atoms with Crippen LogP contribution in [-0.2, 0) is 11.2 Å². The van der Waals surface area contributed by atoms with Crippen molar-refractivity contribution in [1.29, 1.82) is 0 Å². The van der Waals surface area contributed by atoms with Gasteiger partial charge in [0, 0.05) is 11.1 Å². The van der Waals surface area contributed by atoms with Gasteiger partial charge in [-0.1, -0.05) is 36.4 Å². The number of aliphatic carboxylic acids is 1. The van der Waals surface area contributed by atoms with Crippen molar-refractivity contribution in [3.63, 3.8) is 0 Å². The third kappa shape index (κ3) is 2.94. The molecule has 0 spiro atoms. The second kappa shape index (κ2) is 5.45. The molecule has 0 atom stereocenters. The van der Waals surface area contributed by atoms with Crippen LogP contribution in [0.2, 0.25) is 0 Å². The number of benzene rings is 1. The Morgan fingerprint density at radius 3 is 2.72 bits per heavy atom. The van der Waals surface area contributed by atoms with Crippen LogP contribution >= 0.6 is 0 Å². The largest absolute Gasteiger partial charge is 0.481 e. The number of carbonyl (C=O) groups is 2. The van der Waals surface area contributed by atoms with E-state index in [0.29, 0.717) is 16.7 Å². The number of allylic oxidation sites excluding steroid dienone is 4. The summed E-state index contributed by atoms with van der Waals surface area (Å²) in [6.45, 7) is 0. The molecule has 0 saturated carbocycles. The molecule has 0 heterocycles. The molecule has 18 heavy (non-hydrogen) atoms. The van der Waals surface area contributed by atoms with Gasteiger partial charge in [-0.25, -0.2) is 0 Å². The van der Waals surface area contributed by atoms with Crippen LogP contribution in [0.25, 0.3) is 0 Å². The minimum Gasteiger partial charge on any atom is -0.481 e. The Hall–Kier alpha value is -2.16. The van der Waals surface area contributed by atoms with Crippen LogP contribution in [0.1, 0.15) is 28.8 Å². The highest BCUT2D eigenvalue weighted by atomic mass is 16.4. The lowest BCUT2D eigenvalue weighted by atomic mass is 9.97. The smallest absolute Gasteiger partial charge is 0.307 e. The number of hydrogen-bond acceptors (Lipinski definition) is 2. The fourth-order valence-corrected chi connectivity index (χ4v) is 1.95. The number of hydrogen-bond donors (Lipinski definition) is 1. The molecule has 0 bridgehead atoms. The summed E-state index contributed by atoms with van der Waals surface area (Å²) in [5.74, 6) is -0.936. The summed E-state index contributed by atoms with van der Waals surface area (Å²) in [6, 6.07) is 6.81. The Kier molecular flexibility index (Phi) is 3.72. The molecule has 0 aromatic heterocycles. The topological polar surface area (TPSA) is 54.4 Å². The molecule has 0 radical (unpaired) electrons. The molecule has 1 aliphatic carbocycles. The summed E-state index contributed by atoms with van der Waals surface area (Å²) in [5, 5.41) is 8.74. The van der Waals surface area contributed by atoms with Crippen LogP contribution in [-0.4, -0.2) is 16.9 Å². The van der Waals surface area contributed by atoms with Crippen LogP contribution in [0, 0.1) is 0 Å². The van der Waals surface area contributed by atoms with E-state index in [1.54, 1.807) is 24.3 Å². The first-order valence-corrected chi connectivity index (χ1v) is 5.89. The van der Waals surface area contributed by atoms with Crippen molar-refractivity contribution in [3.8, 4) is 0 Å². The third-order valence-corrected chi connectivity index (χ3v) is 2.80. The summed E-state index contributed by atoms with van der Waals surface area (Å²) in [7, 11) is 0. The Balaban J connectivity index is 2.22. The van der Waals surface area contributed by atoms with Gasteiger partial charge >= 0.3 is 5.97 Å². The summed E-state index contributed by atoms with van der Waals surface area (Å²) >= 11 is 0. The van der Waals surface area contributed by atoms with Gasteiger partial charge in [0.1, 0.15) is 0 Å². The van der Waals surface area contributed by atoms with Crippen molar-refractivity contribution < 1.29 is 14.7 Å². The number of Topliss-reactive ketones (excluding diaryl/α,β-unsaturated/α-hetero) is 1. The molecular formula is C15H14O3. The highest BCUT2D eigenvalue weighted by Gasteiger charge is 2.12. The summed E-state index contributed by atoms with van der Waals surface area (Å²) < 4.78 is 0. The fourth-order valence-electron chi connectivity index (χ4n) is 1.95. The van der Waals surface area contributed by atoms with Crippen LogP contribution in [0.5, 0.6) is 0 Å². The maximum Gasteiger partial charge on any atom is 0.307 e. The van der Waals surface area contributed by atoms with E-state index in [-0.39, 0.29) is 12.2 Å². The van der Waals surface area contributed by atoms with E-state index in [1.165, 1.54) is 0 Å². The average molecular weight is 242 g/mol. The lowest BCUT2D eigenvalue weighted by Crippen LogP contribution is -2.05. The number of carboxylic acid groups (broad SMARTS) is 1. The van der Waals surface area contributed by atoms with Gasteiger partial charge in [-0.05, 0) is 24.5 Å². The first kappa shape index (κ1) is 12.3. The van der Waals surface area contributed by atoms with Gasteiger partial charge in [0.2, 0.25) is 0 Å². The second-order valence-electron chi connectivity index (χ2n) is 4.24. The molecule has 2 rings (SSSR count). The van der Waals surface area contributed by atoms with Crippen molar-refractivity contribution in [3.05, 3.63) is 59.2 Å². The number of carbonyl (C=O) groups excluding carboxylic acids is 1. The van der Waals surface area contributed by atoms with Gasteiger partial charge in [-0.3, -0.25) is 9.59 Å². The molecular weight excluding hydrogens is 228 g/mol. The standard InChI is InChI=1S/C15H14O3/c16-14(17)10-11-5-4-8-13(9-11)15(18)12-6-2-1-3-7-12/h2,4-9H,1,3,10H2,(H,16,17). The predicted molar refractivity (Wildman–Crippen MR) is 68.6 cm³/mol. The average Bonchev–Trinajstić information content (AvgIpc) is 2.38. The third-order valence-electron chi connectivity index (χ3n) is 2.80. The predicted octanol–water partition coefficient (Wildman–Crippen LogP) is 2.77. The molecule has 1 aliphatic rings. The Morgan fingerprint density at radius 1 is 1.22 bits per heavy atom. The van der Waals surface area contributed by atoms with Crippen LogP contribution < -0.4 is 0 Å². The molecule has 92 valence electrons. The van der Waals surface area contributed by atoms with Crippen molar-refractivity contribution >= 4 is 11.8 Å². The highest BCUT2D eigenvalue weighted by Crippen LogP contribution is 2.16. The van der Waals surface area contributed by atoms with Gasteiger partial charge < -0.3 is 5.11 Å². The highest BCUT2D eigenvalue weighted by molar-refractivity contribution is 6.10. The second-order valence-corrected chi connectivity index (χ2v) is 4.24. The monoisotopic (exact) mass is 242 g/mol. The van der Waals surface area contributed by atoms with E-state index in [2.05, 4.69) is 0 Å². The number of ketones is 1. The van der Waals surface area contributed by atoms with Crippen molar-refractivity contribution in [2.45, 2.75) is 19.3 Å². The zero-order valence-corrected chi connectivity index (χ0v) is 9.93. The molecule has 1 aromatic carbocycles.